The Labute approximate surface area is 736 Å². The molecule has 0 aromatic carbocycles. The molecule has 11 aliphatic heterocycles. The van der Waals surface area contributed by atoms with Crippen LogP contribution in [0.5, 0.6) is 0 Å². The van der Waals surface area contributed by atoms with Gasteiger partial charge < -0.3 is 264 Å². The average molecular weight is 1900 g/mol. The van der Waals surface area contributed by atoms with Gasteiger partial charge in [-0.15, -0.1) is 0 Å². The molecule has 32 N–H and O–H groups in total. The van der Waals surface area contributed by atoms with E-state index in [1.807, 2.05) is 0 Å². The molecular formula is C73H122N4O53. The molecule has 57 nitrogen and oxygen atoms in total. The summed E-state index contributed by atoms with van der Waals surface area (Å²) in [7, 11) is 0. The highest BCUT2D eigenvalue weighted by atomic mass is 16.8. The molecule has 11 aliphatic rings. The Morgan fingerprint density at radius 1 is 0.215 bits per heavy atom. The van der Waals surface area contributed by atoms with E-state index in [4.69, 9.17) is 99.5 Å². The molecule has 0 aromatic heterocycles. The SMILES string of the molecule is CC(=O)N[C@H]1[C@H](O[C@H]2[C@H](O[C@@H]3O[C@@H](C)[C@@H](O)[C@@H](O)[C@@H]3O)[C@@H](NC(C)=O)C(O)O[C@@H]2CO)O[C@H](CO)[C@@H](O[C@@H]2O[C@H](CO[C@H]3O[C@H](CO)[C@@H](O)[C@H](O)[C@@H]3O[C@@H]3O[C@H](CO)[C@@H](O)[C@H](O)[C@H]3NC(C)=O)[C@@H](O)[C@H](O[C@H]3O[C@H](CO)[C@@H](O)[C@H](O)[C@@H]3O[C@@H]3O[C@H](CO)[C@@H](O[C@@H]4O[C@@H](C)[C@@H](O)[C@@H](O)[C@@H]4O)[C@H](O[C@H]4O[C@H](CO)[C@H](O)[C@H](O)[C@H]4O)[C@H]3NC(C)=O)[C@@H]2O[C@@H]2O[C@H](CO)[C@H](O)[C@H]2O)[C@@H]1O. The molecule has 0 aliphatic carbocycles. The van der Waals surface area contributed by atoms with Crippen LogP contribution in [0.4, 0.5) is 0 Å². The van der Waals surface area contributed by atoms with Crippen molar-refractivity contribution >= 4 is 23.6 Å². The lowest BCUT2D eigenvalue weighted by Crippen LogP contribution is -2.72. The summed E-state index contributed by atoms with van der Waals surface area (Å²) < 4.78 is 129. The van der Waals surface area contributed by atoms with Gasteiger partial charge in [0.15, 0.2) is 69.2 Å². The van der Waals surface area contributed by atoms with E-state index in [1.165, 1.54) is 13.8 Å². The molecule has 1 unspecified atom stereocenters. The minimum Gasteiger partial charge on any atom is -0.394 e. The zero-order chi connectivity index (χ0) is 95.5. The van der Waals surface area contributed by atoms with E-state index in [0.29, 0.717) is 0 Å². The zero-order valence-corrected chi connectivity index (χ0v) is 70.3. The molecule has 0 spiro atoms. The van der Waals surface area contributed by atoms with E-state index in [2.05, 4.69) is 21.3 Å². The summed E-state index contributed by atoms with van der Waals surface area (Å²) in [4.78, 5) is 52.8. The van der Waals surface area contributed by atoms with Gasteiger partial charge in [0.2, 0.25) is 23.6 Å². The van der Waals surface area contributed by atoms with Crippen LogP contribution < -0.4 is 21.3 Å². The van der Waals surface area contributed by atoms with Gasteiger partial charge in [-0.05, 0) is 13.8 Å². The first-order chi connectivity index (χ1) is 61.5. The fourth-order valence-corrected chi connectivity index (χ4v) is 17.1. The second-order valence-electron chi connectivity index (χ2n) is 33.3. The van der Waals surface area contributed by atoms with Crippen LogP contribution in [0.1, 0.15) is 41.5 Å². The van der Waals surface area contributed by atoms with Crippen LogP contribution in [-0.4, -0.2) is 557 Å². The van der Waals surface area contributed by atoms with E-state index in [0.717, 1.165) is 27.7 Å². The number of aliphatic hydroxyl groups excluding tert-OH is 28. The number of carbonyl (C=O) groups excluding carboxylic acids is 4. The van der Waals surface area contributed by atoms with Gasteiger partial charge in [-0.2, -0.15) is 0 Å². The van der Waals surface area contributed by atoms with Crippen molar-refractivity contribution in [1.82, 2.24) is 21.3 Å². The maximum atomic E-state index is 13.7. The maximum absolute atomic E-state index is 13.7. The second-order valence-corrected chi connectivity index (χ2v) is 33.3. The summed E-state index contributed by atoms with van der Waals surface area (Å²) in [6.45, 7) is -4.55. The normalized spacial score (nSPS) is 50.3. The molecule has 57 heteroatoms. The Kier molecular flexibility index (Phi) is 37.7. The van der Waals surface area contributed by atoms with Gasteiger partial charge >= 0.3 is 0 Å². The Morgan fingerprint density at radius 2 is 0.485 bits per heavy atom. The van der Waals surface area contributed by atoms with Crippen molar-refractivity contribution < 1.29 is 262 Å². The number of nitrogens with one attached hydrogen (secondary N) is 4. The third kappa shape index (κ3) is 23.1. The van der Waals surface area contributed by atoms with Crippen molar-refractivity contribution in [3.05, 3.63) is 0 Å². The smallest absolute Gasteiger partial charge is 0.217 e. The minimum absolute atomic E-state index is 0.880. The summed E-state index contributed by atoms with van der Waals surface area (Å²) in [6, 6.07) is -7.91. The van der Waals surface area contributed by atoms with Gasteiger partial charge in [-0.1, -0.05) is 0 Å². The summed E-state index contributed by atoms with van der Waals surface area (Å²) in [6.07, 6.45) is -107. The number of rotatable bonds is 33. The van der Waals surface area contributed by atoms with E-state index in [-0.39, 0.29) is 0 Å². The largest absolute Gasteiger partial charge is 0.394 e. The van der Waals surface area contributed by atoms with E-state index < -0.39 is 415 Å². The topological polar surface area (TPSA) is 877 Å². The van der Waals surface area contributed by atoms with Crippen molar-refractivity contribution in [2.24, 2.45) is 0 Å². The van der Waals surface area contributed by atoms with Crippen molar-refractivity contribution in [3.8, 4) is 0 Å². The minimum atomic E-state index is -2.65. The van der Waals surface area contributed by atoms with Crippen LogP contribution in [0.2, 0.25) is 0 Å². The molecule has 0 radical (unpaired) electrons. The monoisotopic (exact) mass is 1900 g/mol. The van der Waals surface area contributed by atoms with Crippen LogP contribution in [0, 0.1) is 0 Å². The van der Waals surface area contributed by atoms with Crippen molar-refractivity contribution in [1.29, 1.82) is 0 Å². The van der Waals surface area contributed by atoms with Crippen molar-refractivity contribution in [2.75, 3.05) is 59.5 Å². The fourth-order valence-electron chi connectivity index (χ4n) is 17.1. The first-order valence-electron chi connectivity index (χ1n) is 41.8. The number of hydrogen-bond donors (Lipinski definition) is 32. The third-order valence-electron chi connectivity index (χ3n) is 24.2. The summed E-state index contributed by atoms with van der Waals surface area (Å²) in [5, 5.41) is 326. The van der Waals surface area contributed by atoms with Gasteiger partial charge in [0.05, 0.1) is 71.7 Å². The summed E-state index contributed by atoms with van der Waals surface area (Å²) in [5.74, 6) is -3.90. The molecule has 4 amide bonds. The van der Waals surface area contributed by atoms with Gasteiger partial charge in [0, 0.05) is 27.7 Å². The van der Waals surface area contributed by atoms with E-state index >= 15 is 0 Å². The predicted octanol–water partition coefficient (Wildman–Crippen LogP) is -21.7. The Morgan fingerprint density at radius 3 is 0.938 bits per heavy atom. The molecule has 11 fully saturated rings. The maximum Gasteiger partial charge on any atom is 0.217 e. The van der Waals surface area contributed by atoms with Gasteiger partial charge in [0.25, 0.3) is 0 Å². The molecule has 11 heterocycles. The number of ether oxygens (including phenoxy) is 21. The van der Waals surface area contributed by atoms with Crippen LogP contribution >= 0.6 is 0 Å². The molecule has 0 aromatic rings. The second kappa shape index (κ2) is 46.1. The molecule has 130 heavy (non-hydrogen) atoms. The van der Waals surface area contributed by atoms with Crippen molar-refractivity contribution in [3.63, 3.8) is 0 Å². The fraction of sp³-hybridized carbons (Fsp3) is 0.945. The molecular weight excluding hydrogens is 1780 g/mol. The number of carbonyl (C=O) groups is 4. The lowest BCUT2D eigenvalue weighted by atomic mass is 9.93. The first kappa shape index (κ1) is 106. The quantitative estimate of drug-likeness (QED) is 0.0290. The number of aliphatic hydroxyl groups is 28. The predicted molar refractivity (Wildman–Crippen MR) is 400 cm³/mol. The Hall–Kier alpha value is -4.08. The molecule has 11 saturated heterocycles. The molecule has 54 atom stereocenters. The molecule has 752 valence electrons. The standard InChI is InChI=1S/C73H122N4O53/c1-16-35(90)45(100)51(106)67(111-16)124-56-29(14-85)120-66(34(77-21(6)89)58(56)126-70-53(108)47(102)38(93)23(8-79)115-70)129-61-49(104)40(95)25(10-81)118-72(61)127-59-42(97)30(15-110-71-60(48(103)39(94)24(9-80)117-71)128-64-31(74-18(3)86)43(98)37(92)22(7-78)114-64)121-73(62(59)130-69-50(105)41(96)26(11-82)116-69)122-54-27(12-83)119-65(32(44(54)99)75-19(4)87)123-55-28(13-84)113-63(109)33(76-20(5)88)57(55)125-68-52(107)46(101)36(91)17(2)112-68/h16-17,22-73,78-85,90-109H,7-15H2,1-6H3,(H,74,86)(H,75,87)(H,76,88)(H,77,89)/t16-,17-,22+,23+,24+,25+,26+,27+,28+,29+,30+,31+,32+,33+,34+,35+,36+,37+,38-,39+,40+,41-,42+,43+,44+,45+,46+,47-,48-,49-,50+,51-,52-,53+,54+,55+,56+,57+,58+,59-,60-,61-,62-,63?,64-,65-,66-,67-,68-,69-,70+,71-,72+,73-/m0/s1. The highest BCUT2D eigenvalue weighted by Gasteiger charge is 2.64. The average Bonchev–Trinajstić information content (AvgIpc) is 1.46. The highest BCUT2D eigenvalue weighted by Crippen LogP contribution is 2.43. The van der Waals surface area contributed by atoms with E-state index in [9.17, 15) is 162 Å². The van der Waals surface area contributed by atoms with Crippen LogP contribution in [0.25, 0.3) is 0 Å². The lowest BCUT2D eigenvalue weighted by molar-refractivity contribution is -0.411. The summed E-state index contributed by atoms with van der Waals surface area (Å²) >= 11 is 0. The van der Waals surface area contributed by atoms with Gasteiger partial charge in [0.1, 0.15) is 250 Å². The molecule has 0 bridgehead atoms. The third-order valence-corrected chi connectivity index (χ3v) is 24.2. The Bertz CT molecular complexity index is 3560. The first-order valence-corrected chi connectivity index (χ1v) is 41.8. The highest BCUT2D eigenvalue weighted by molar-refractivity contribution is 5.74. The van der Waals surface area contributed by atoms with Gasteiger partial charge in [-0.25, -0.2) is 0 Å². The van der Waals surface area contributed by atoms with Crippen molar-refractivity contribution in [2.45, 2.75) is 373 Å². The molecule has 0 saturated carbocycles. The number of amides is 4. The molecule has 11 rings (SSSR count). The van der Waals surface area contributed by atoms with Crippen LogP contribution in [0.3, 0.4) is 0 Å². The lowest BCUT2D eigenvalue weighted by Gasteiger charge is -2.52. The zero-order valence-electron chi connectivity index (χ0n) is 70.3. The van der Waals surface area contributed by atoms with Crippen LogP contribution in [0.15, 0.2) is 0 Å². The number of hydrogen-bond acceptors (Lipinski definition) is 53. The van der Waals surface area contributed by atoms with Crippen LogP contribution in [-0.2, 0) is 119 Å². The van der Waals surface area contributed by atoms with Gasteiger partial charge in [-0.3, -0.25) is 19.2 Å². The Balaban J connectivity index is 1.02. The summed E-state index contributed by atoms with van der Waals surface area (Å²) in [5.41, 5.74) is 0. The van der Waals surface area contributed by atoms with E-state index in [1.54, 1.807) is 0 Å².